The lowest BCUT2D eigenvalue weighted by Crippen LogP contribution is -2.30. The van der Waals surface area contributed by atoms with E-state index in [0.717, 1.165) is 24.1 Å². The summed E-state index contributed by atoms with van der Waals surface area (Å²) >= 11 is 1.26. The van der Waals surface area contributed by atoms with Gasteiger partial charge in [0.15, 0.2) is 0 Å². The molecule has 1 atom stereocenters. The molecule has 8 heteroatoms. The van der Waals surface area contributed by atoms with Gasteiger partial charge in [0.1, 0.15) is 16.7 Å². The number of aromatic nitrogens is 4. The van der Waals surface area contributed by atoms with Crippen LogP contribution in [0.3, 0.4) is 0 Å². The summed E-state index contributed by atoms with van der Waals surface area (Å²) in [6.07, 6.45) is 1.82. The van der Waals surface area contributed by atoms with E-state index in [1.165, 1.54) is 11.3 Å². The van der Waals surface area contributed by atoms with E-state index in [0.29, 0.717) is 15.8 Å². The van der Waals surface area contributed by atoms with Gasteiger partial charge in [-0.2, -0.15) is 5.10 Å². The Bertz CT molecular complexity index is 857. The van der Waals surface area contributed by atoms with Crippen molar-refractivity contribution in [2.75, 3.05) is 5.73 Å². The van der Waals surface area contributed by atoms with Crippen LogP contribution < -0.4 is 11.1 Å². The molecule has 7 nitrogen and oxygen atoms in total. The van der Waals surface area contributed by atoms with Gasteiger partial charge in [0.25, 0.3) is 5.91 Å². The maximum atomic E-state index is 12.8. The van der Waals surface area contributed by atoms with Gasteiger partial charge in [-0.25, -0.2) is 0 Å². The number of aryl methyl sites for hydroxylation is 2. The van der Waals surface area contributed by atoms with Gasteiger partial charge in [0.05, 0.1) is 5.69 Å². The molecule has 0 radical (unpaired) electrons. The number of amides is 1. The molecule has 2 aromatic heterocycles. The fraction of sp³-hybridized carbons (Fsp3) is 0.294. The first kappa shape index (κ1) is 17.1. The standard InChI is InChI=1S/C17H20N6OS/c1-3-7-12-10-13(23(2)22-12)15(24)19-14(11-8-5-4-6-9-11)16-20-21-17(18)25-16/h4-6,8-10,14H,3,7H2,1-2H3,(H2,18,21)(H,19,24). The van der Waals surface area contributed by atoms with Crippen molar-refractivity contribution in [3.8, 4) is 0 Å². The molecular weight excluding hydrogens is 336 g/mol. The predicted octanol–water partition coefficient (Wildman–Crippen LogP) is 2.33. The number of anilines is 1. The maximum Gasteiger partial charge on any atom is 0.270 e. The normalized spacial score (nSPS) is 12.1. The van der Waals surface area contributed by atoms with Crippen molar-refractivity contribution in [3.05, 3.63) is 58.4 Å². The molecule has 0 aliphatic heterocycles. The summed E-state index contributed by atoms with van der Waals surface area (Å²) in [6.45, 7) is 2.08. The smallest absolute Gasteiger partial charge is 0.270 e. The molecule has 3 rings (SSSR count). The number of carbonyl (C=O) groups is 1. The number of benzene rings is 1. The largest absolute Gasteiger partial charge is 0.374 e. The van der Waals surface area contributed by atoms with Crippen LogP contribution in [0.2, 0.25) is 0 Å². The molecule has 0 saturated carbocycles. The zero-order valence-electron chi connectivity index (χ0n) is 14.1. The average Bonchev–Trinajstić information content (AvgIpc) is 3.19. The van der Waals surface area contributed by atoms with E-state index < -0.39 is 6.04 Å². The summed E-state index contributed by atoms with van der Waals surface area (Å²) in [6, 6.07) is 11.1. The van der Waals surface area contributed by atoms with E-state index in [1.54, 1.807) is 11.7 Å². The number of hydrogen-bond donors (Lipinski definition) is 2. The first-order valence-corrected chi connectivity index (χ1v) is 8.87. The summed E-state index contributed by atoms with van der Waals surface area (Å²) in [5.74, 6) is -0.208. The molecule has 1 amide bonds. The Labute approximate surface area is 149 Å². The maximum absolute atomic E-state index is 12.8. The number of nitrogens with two attached hydrogens (primary N) is 1. The summed E-state index contributed by atoms with van der Waals surface area (Å²) < 4.78 is 1.61. The van der Waals surface area contributed by atoms with Crippen molar-refractivity contribution >= 4 is 22.4 Å². The van der Waals surface area contributed by atoms with Crippen LogP contribution in [0.5, 0.6) is 0 Å². The predicted molar refractivity (Wildman–Crippen MR) is 97.3 cm³/mol. The van der Waals surface area contributed by atoms with Gasteiger partial charge in [0, 0.05) is 7.05 Å². The fourth-order valence-electron chi connectivity index (χ4n) is 2.62. The molecule has 0 spiro atoms. The minimum Gasteiger partial charge on any atom is -0.374 e. The molecule has 0 fully saturated rings. The Morgan fingerprint density at radius 2 is 2.08 bits per heavy atom. The summed E-state index contributed by atoms with van der Waals surface area (Å²) in [5.41, 5.74) is 8.06. The van der Waals surface area contributed by atoms with Crippen LogP contribution in [-0.2, 0) is 13.5 Å². The Morgan fingerprint density at radius 1 is 1.32 bits per heavy atom. The highest BCUT2D eigenvalue weighted by molar-refractivity contribution is 7.15. The van der Waals surface area contributed by atoms with Crippen molar-refractivity contribution in [1.82, 2.24) is 25.3 Å². The number of nitrogens with one attached hydrogen (secondary N) is 1. The van der Waals surface area contributed by atoms with Crippen LogP contribution in [0.15, 0.2) is 36.4 Å². The molecule has 130 valence electrons. The second-order valence-corrected chi connectivity index (χ2v) is 6.73. The average molecular weight is 356 g/mol. The van der Waals surface area contributed by atoms with Crippen LogP contribution in [0.4, 0.5) is 5.13 Å². The lowest BCUT2D eigenvalue weighted by molar-refractivity contribution is 0.0933. The van der Waals surface area contributed by atoms with Crippen LogP contribution in [0.25, 0.3) is 0 Å². The van der Waals surface area contributed by atoms with Crippen molar-refractivity contribution in [2.45, 2.75) is 25.8 Å². The second-order valence-electron chi connectivity index (χ2n) is 5.69. The number of carbonyl (C=O) groups excluding carboxylic acids is 1. The van der Waals surface area contributed by atoms with Gasteiger partial charge in [-0.1, -0.05) is 55.0 Å². The van der Waals surface area contributed by atoms with E-state index in [1.807, 2.05) is 36.4 Å². The number of nitrogen functional groups attached to an aromatic ring is 1. The fourth-order valence-corrected chi connectivity index (χ4v) is 3.31. The van der Waals surface area contributed by atoms with Gasteiger partial charge in [-0.05, 0) is 18.1 Å². The molecule has 25 heavy (non-hydrogen) atoms. The topological polar surface area (TPSA) is 98.7 Å². The molecule has 1 unspecified atom stereocenters. The van der Waals surface area contributed by atoms with Crippen LogP contribution in [0, 0.1) is 0 Å². The highest BCUT2D eigenvalue weighted by Crippen LogP contribution is 2.26. The highest BCUT2D eigenvalue weighted by atomic mass is 32.1. The zero-order valence-corrected chi connectivity index (χ0v) is 15.0. The van der Waals surface area contributed by atoms with Crippen molar-refractivity contribution in [3.63, 3.8) is 0 Å². The Kier molecular flexibility index (Phi) is 5.08. The van der Waals surface area contributed by atoms with E-state index in [2.05, 4.69) is 27.5 Å². The number of nitrogens with zero attached hydrogens (tertiary/aromatic N) is 4. The summed E-state index contributed by atoms with van der Waals surface area (Å²) in [5, 5.41) is 16.4. The molecule has 3 aromatic rings. The Morgan fingerprint density at radius 3 is 2.72 bits per heavy atom. The molecule has 3 N–H and O–H groups in total. The molecule has 1 aromatic carbocycles. The van der Waals surface area contributed by atoms with Gasteiger partial charge in [-0.3, -0.25) is 9.48 Å². The Hall–Kier alpha value is -2.74. The van der Waals surface area contributed by atoms with E-state index in [-0.39, 0.29) is 5.91 Å². The molecule has 0 saturated heterocycles. The minimum absolute atomic E-state index is 0.208. The van der Waals surface area contributed by atoms with E-state index in [4.69, 9.17) is 5.73 Å². The molecule has 0 aliphatic rings. The molecule has 0 bridgehead atoms. The van der Waals surface area contributed by atoms with Crippen molar-refractivity contribution in [1.29, 1.82) is 0 Å². The third kappa shape index (κ3) is 3.85. The second kappa shape index (κ2) is 7.43. The third-order valence-corrected chi connectivity index (χ3v) is 4.60. The van der Waals surface area contributed by atoms with E-state index >= 15 is 0 Å². The summed E-state index contributed by atoms with van der Waals surface area (Å²) in [7, 11) is 1.77. The molecular formula is C17H20N6OS. The van der Waals surface area contributed by atoms with Crippen LogP contribution >= 0.6 is 11.3 Å². The quantitative estimate of drug-likeness (QED) is 0.706. The highest BCUT2D eigenvalue weighted by Gasteiger charge is 2.23. The van der Waals surface area contributed by atoms with Gasteiger partial charge >= 0.3 is 0 Å². The first-order chi connectivity index (χ1) is 12.1. The third-order valence-electron chi connectivity index (χ3n) is 3.78. The number of rotatable bonds is 6. The SMILES string of the molecule is CCCc1cc(C(=O)NC(c2ccccc2)c2nnc(N)s2)n(C)n1. The van der Waals surface area contributed by atoms with Gasteiger partial charge < -0.3 is 11.1 Å². The minimum atomic E-state index is -0.409. The van der Waals surface area contributed by atoms with Crippen LogP contribution in [-0.4, -0.2) is 25.9 Å². The molecule has 0 aliphatic carbocycles. The van der Waals surface area contributed by atoms with Crippen molar-refractivity contribution in [2.24, 2.45) is 7.05 Å². The zero-order chi connectivity index (χ0) is 17.8. The lowest BCUT2D eigenvalue weighted by Gasteiger charge is -2.16. The summed E-state index contributed by atoms with van der Waals surface area (Å²) in [4.78, 5) is 12.8. The van der Waals surface area contributed by atoms with E-state index in [9.17, 15) is 4.79 Å². The first-order valence-electron chi connectivity index (χ1n) is 8.06. The van der Waals surface area contributed by atoms with Gasteiger partial charge in [0.2, 0.25) is 5.13 Å². The van der Waals surface area contributed by atoms with Crippen molar-refractivity contribution < 1.29 is 4.79 Å². The molecule has 2 heterocycles. The van der Waals surface area contributed by atoms with Crippen LogP contribution in [0.1, 0.15) is 46.1 Å². The monoisotopic (exact) mass is 356 g/mol. The Balaban J connectivity index is 1.89. The lowest BCUT2D eigenvalue weighted by atomic mass is 10.1. The number of hydrogen-bond acceptors (Lipinski definition) is 6. The van der Waals surface area contributed by atoms with Gasteiger partial charge in [-0.15, -0.1) is 10.2 Å².